The normalized spacial score (nSPS) is 9.78. The molecule has 18 heavy (non-hydrogen) atoms. The van der Waals surface area contributed by atoms with Crippen molar-refractivity contribution in [1.82, 2.24) is 4.98 Å². The summed E-state index contributed by atoms with van der Waals surface area (Å²) in [7, 11) is 1.13. The number of amides is 1. The molecule has 0 aliphatic carbocycles. The molecule has 0 saturated carbocycles. The number of rotatable bonds is 3. The number of esters is 1. The fourth-order valence-electron chi connectivity index (χ4n) is 1.18. The number of hydrogen-bond donors (Lipinski definition) is 1. The molecule has 7 heteroatoms. The van der Waals surface area contributed by atoms with E-state index < -0.39 is 17.7 Å². The largest absolute Gasteiger partial charge is 0.464 e. The van der Waals surface area contributed by atoms with Crippen LogP contribution in [0.1, 0.15) is 23.1 Å². The van der Waals surface area contributed by atoms with E-state index in [9.17, 15) is 14.0 Å². The van der Waals surface area contributed by atoms with Crippen molar-refractivity contribution < 1.29 is 18.7 Å². The highest BCUT2D eigenvalue weighted by molar-refractivity contribution is 6.36. The third-order valence-electron chi connectivity index (χ3n) is 1.93. The van der Waals surface area contributed by atoms with Crippen LogP contribution in [-0.2, 0) is 9.53 Å². The van der Waals surface area contributed by atoms with Gasteiger partial charge in [-0.2, -0.15) is 0 Å². The lowest BCUT2D eigenvalue weighted by Gasteiger charge is -2.10. The quantitative estimate of drug-likeness (QED) is 0.858. The number of hydrogen-bond acceptors (Lipinski definition) is 4. The van der Waals surface area contributed by atoms with Gasteiger partial charge in [-0.15, -0.1) is 0 Å². The number of ether oxygens (including phenoxy) is 1. The van der Waals surface area contributed by atoms with Crippen molar-refractivity contribution in [2.75, 3.05) is 12.4 Å². The monoisotopic (exact) mass is 272 g/mol. The fourth-order valence-corrected chi connectivity index (χ4v) is 1.40. The predicted octanol–water partition coefficient (Wildman–Crippen LogP) is 2.42. The van der Waals surface area contributed by atoms with Crippen molar-refractivity contribution in [3.05, 3.63) is 29.1 Å². The molecule has 1 heterocycles. The van der Waals surface area contributed by atoms with E-state index >= 15 is 0 Å². The van der Waals surface area contributed by atoms with E-state index in [0.717, 1.165) is 7.11 Å². The third-order valence-corrected chi connectivity index (χ3v) is 2.31. The van der Waals surface area contributed by atoms with E-state index in [2.05, 4.69) is 21.6 Å². The summed E-state index contributed by atoms with van der Waals surface area (Å²) in [5, 5.41) is 2.24. The summed E-state index contributed by atoms with van der Waals surface area (Å²) in [6, 6.07) is 1.18. The molecule has 0 aliphatic heterocycles. The lowest BCUT2D eigenvalue weighted by molar-refractivity contribution is -0.114. The highest BCUT2D eigenvalue weighted by Gasteiger charge is 2.19. The first-order chi connectivity index (χ1) is 8.36. The van der Waals surface area contributed by atoms with Crippen molar-refractivity contribution in [2.24, 2.45) is 0 Å². The number of carbonyl (C=O) groups is 2. The van der Waals surface area contributed by atoms with Gasteiger partial charge in [0.2, 0.25) is 5.91 Å². The van der Waals surface area contributed by atoms with Crippen LogP contribution in [0.15, 0.2) is 12.6 Å². The number of carbonyl (C=O) groups excluding carboxylic acids is 2. The summed E-state index contributed by atoms with van der Waals surface area (Å²) in [6.45, 7) is 4.31. The van der Waals surface area contributed by atoms with Gasteiger partial charge >= 0.3 is 5.97 Å². The average molecular weight is 273 g/mol. The average Bonchev–Trinajstić information content (AvgIpc) is 2.29. The van der Waals surface area contributed by atoms with Gasteiger partial charge in [-0.3, -0.25) is 4.79 Å². The maximum atomic E-state index is 13.1. The van der Waals surface area contributed by atoms with Crippen LogP contribution in [-0.4, -0.2) is 24.0 Å². The third kappa shape index (κ3) is 3.04. The maximum Gasteiger partial charge on any atom is 0.358 e. The second-order valence-electron chi connectivity index (χ2n) is 3.30. The first-order valence-corrected chi connectivity index (χ1v) is 5.15. The van der Waals surface area contributed by atoms with Gasteiger partial charge in [-0.25, -0.2) is 14.2 Å². The number of anilines is 1. The summed E-state index contributed by atoms with van der Waals surface area (Å²) in [5.41, 5.74) is -0.434. The van der Waals surface area contributed by atoms with Crippen molar-refractivity contribution in [3.63, 3.8) is 0 Å². The van der Waals surface area contributed by atoms with Crippen molar-refractivity contribution in [1.29, 1.82) is 0 Å². The van der Waals surface area contributed by atoms with Crippen LogP contribution in [0.2, 0.25) is 5.02 Å². The minimum absolute atomic E-state index is 0.0633. The molecule has 0 aliphatic rings. The van der Waals surface area contributed by atoms with Crippen molar-refractivity contribution in [2.45, 2.75) is 6.92 Å². The summed E-state index contributed by atoms with van der Waals surface area (Å²) in [4.78, 5) is 26.1. The molecule has 0 unspecified atom stereocenters. The van der Waals surface area contributed by atoms with Gasteiger partial charge in [0.25, 0.3) is 0 Å². The van der Waals surface area contributed by atoms with E-state index in [1.165, 1.54) is 13.0 Å². The SMILES string of the molecule is C=C(F)c1cc(NC(C)=O)c(Cl)c(C(=O)OC)n1. The molecular formula is C11H10ClFN2O3. The Balaban J connectivity index is 3.42. The number of methoxy groups -OCH3 is 1. The van der Waals surface area contributed by atoms with Crippen LogP contribution in [0.25, 0.3) is 5.83 Å². The number of nitrogens with zero attached hydrogens (tertiary/aromatic N) is 1. The van der Waals surface area contributed by atoms with Gasteiger partial charge in [0.1, 0.15) is 11.5 Å². The Hall–Kier alpha value is -1.95. The molecule has 5 nitrogen and oxygen atoms in total. The lowest BCUT2D eigenvalue weighted by atomic mass is 10.2. The van der Waals surface area contributed by atoms with Gasteiger partial charge in [0.15, 0.2) is 5.69 Å². The molecule has 0 spiro atoms. The van der Waals surface area contributed by atoms with Crippen LogP contribution in [0.5, 0.6) is 0 Å². The first-order valence-electron chi connectivity index (χ1n) is 4.78. The predicted molar refractivity (Wildman–Crippen MR) is 65.0 cm³/mol. The lowest BCUT2D eigenvalue weighted by Crippen LogP contribution is -2.12. The number of pyridine rings is 1. The zero-order chi connectivity index (χ0) is 13.9. The smallest absolute Gasteiger partial charge is 0.358 e. The van der Waals surface area contributed by atoms with Gasteiger partial charge in [-0.05, 0) is 6.07 Å². The van der Waals surface area contributed by atoms with Crippen LogP contribution < -0.4 is 5.32 Å². The Morgan fingerprint density at radius 3 is 2.61 bits per heavy atom. The summed E-state index contributed by atoms with van der Waals surface area (Å²) < 4.78 is 17.5. The molecule has 0 aromatic carbocycles. The number of halogens is 2. The van der Waals surface area contributed by atoms with Crippen LogP contribution in [0, 0.1) is 0 Å². The molecule has 0 bridgehead atoms. The molecular weight excluding hydrogens is 263 g/mol. The maximum absolute atomic E-state index is 13.1. The topological polar surface area (TPSA) is 68.3 Å². The summed E-state index contributed by atoms with van der Waals surface area (Å²) >= 11 is 5.87. The number of aromatic nitrogens is 1. The van der Waals surface area contributed by atoms with E-state index in [1.807, 2.05) is 0 Å². The Bertz CT molecular complexity index is 531. The van der Waals surface area contributed by atoms with E-state index in [4.69, 9.17) is 11.6 Å². The molecule has 1 amide bonds. The highest BCUT2D eigenvalue weighted by Crippen LogP contribution is 2.28. The molecule has 1 rings (SSSR count). The molecule has 1 aromatic rings. The van der Waals surface area contributed by atoms with Gasteiger partial charge in [-0.1, -0.05) is 18.2 Å². The Labute approximate surface area is 108 Å². The van der Waals surface area contributed by atoms with Crippen LogP contribution in [0.3, 0.4) is 0 Å². The van der Waals surface area contributed by atoms with E-state index in [1.54, 1.807) is 0 Å². The minimum Gasteiger partial charge on any atom is -0.464 e. The highest BCUT2D eigenvalue weighted by atomic mass is 35.5. The second-order valence-corrected chi connectivity index (χ2v) is 3.67. The van der Waals surface area contributed by atoms with Gasteiger partial charge in [0.05, 0.1) is 17.8 Å². The number of nitrogens with one attached hydrogen (secondary N) is 1. The molecule has 0 atom stereocenters. The zero-order valence-corrected chi connectivity index (χ0v) is 10.5. The summed E-state index contributed by atoms with van der Waals surface area (Å²) in [6.07, 6.45) is 0. The summed E-state index contributed by atoms with van der Waals surface area (Å²) in [5.74, 6) is -2.12. The van der Waals surface area contributed by atoms with Crippen molar-refractivity contribution >= 4 is 35.0 Å². The molecule has 0 radical (unpaired) electrons. The molecule has 0 saturated heterocycles. The minimum atomic E-state index is -0.858. The van der Waals surface area contributed by atoms with Crippen LogP contribution in [0.4, 0.5) is 10.1 Å². The first kappa shape index (κ1) is 14.1. The molecule has 1 aromatic heterocycles. The van der Waals surface area contributed by atoms with Crippen LogP contribution >= 0.6 is 11.6 Å². The Morgan fingerprint density at radius 2 is 2.17 bits per heavy atom. The Kier molecular flexibility index (Phi) is 4.38. The molecule has 96 valence electrons. The van der Waals surface area contributed by atoms with Gasteiger partial charge < -0.3 is 10.1 Å². The molecule has 0 fully saturated rings. The van der Waals surface area contributed by atoms with E-state index in [-0.39, 0.29) is 22.1 Å². The fraction of sp³-hybridized carbons (Fsp3) is 0.182. The van der Waals surface area contributed by atoms with Gasteiger partial charge in [0, 0.05) is 6.92 Å². The second kappa shape index (κ2) is 5.59. The van der Waals surface area contributed by atoms with E-state index in [0.29, 0.717) is 0 Å². The Morgan fingerprint density at radius 1 is 1.56 bits per heavy atom. The molecule has 1 N–H and O–H groups in total. The van der Waals surface area contributed by atoms with Crippen molar-refractivity contribution in [3.8, 4) is 0 Å². The zero-order valence-electron chi connectivity index (χ0n) is 9.71. The standard InChI is InChI=1S/C11H10ClFN2O3/c1-5(13)7-4-8(14-6(2)16)9(12)10(15-7)11(17)18-3/h4H,1H2,2-3H3,(H,14,15,16).